The van der Waals surface area contributed by atoms with Crippen molar-refractivity contribution < 1.29 is 42.1 Å². The average molecular weight is 794 g/mol. The molecule has 0 fully saturated rings. The number of quaternary nitrogens is 1. The average Bonchev–Trinajstić information content (AvgIpc) is 3.13. The van der Waals surface area contributed by atoms with Crippen LogP contribution in [0.4, 0.5) is 0 Å². The summed E-state index contributed by atoms with van der Waals surface area (Å²) in [7, 11) is 1.13. The normalized spacial score (nSPS) is 14.2. The fourth-order valence-corrected chi connectivity index (χ4v) is 6.05. The van der Waals surface area contributed by atoms with Crippen molar-refractivity contribution in [1.29, 1.82) is 0 Å². The number of ether oxygens (including phenoxy) is 2. The van der Waals surface area contributed by atoms with E-state index in [0.29, 0.717) is 23.9 Å². The molecule has 0 saturated heterocycles. The molecule has 0 amide bonds. The Bertz CT molecular complexity index is 1120. The second-order valence-corrected chi connectivity index (χ2v) is 16.8. The topological polar surface area (TPSA) is 111 Å². The molecule has 0 saturated carbocycles. The molecule has 0 aromatic carbocycles. The van der Waals surface area contributed by atoms with Crippen LogP contribution in [0.2, 0.25) is 0 Å². The molecule has 0 rings (SSSR count). The third kappa shape index (κ3) is 41.2. The smallest absolute Gasteiger partial charge is 0.306 e. The second kappa shape index (κ2) is 37.3. The molecule has 1 unspecified atom stereocenters. The van der Waals surface area contributed by atoms with Gasteiger partial charge in [-0.2, -0.15) is 0 Å². The third-order valence-electron chi connectivity index (χ3n) is 8.76. The quantitative estimate of drug-likeness (QED) is 0.0200. The van der Waals surface area contributed by atoms with Crippen LogP contribution in [-0.2, 0) is 32.7 Å². The highest BCUT2D eigenvalue weighted by Crippen LogP contribution is 2.38. The first-order chi connectivity index (χ1) is 26.5. The summed E-state index contributed by atoms with van der Waals surface area (Å²) in [6, 6.07) is 0. The molecule has 0 aliphatic rings. The minimum Gasteiger partial charge on any atom is -0.756 e. The largest absolute Gasteiger partial charge is 0.756 e. The first-order valence-corrected chi connectivity index (χ1v) is 23.0. The lowest BCUT2D eigenvalue weighted by Gasteiger charge is -2.28. The minimum absolute atomic E-state index is 0.0402. The maximum atomic E-state index is 12.6. The number of unbranched alkanes of at least 4 members (excludes halogenated alkanes) is 14. The summed E-state index contributed by atoms with van der Waals surface area (Å²) in [5.41, 5.74) is 0. The van der Waals surface area contributed by atoms with Gasteiger partial charge < -0.3 is 27.9 Å². The van der Waals surface area contributed by atoms with Crippen LogP contribution in [0.1, 0.15) is 162 Å². The van der Waals surface area contributed by atoms with E-state index >= 15 is 0 Å². The lowest BCUT2D eigenvalue weighted by atomic mass is 10.1. The van der Waals surface area contributed by atoms with E-state index in [2.05, 4.69) is 74.6 Å². The highest BCUT2D eigenvalue weighted by Gasteiger charge is 2.21. The molecule has 55 heavy (non-hydrogen) atoms. The first-order valence-electron chi connectivity index (χ1n) is 21.5. The van der Waals surface area contributed by atoms with Gasteiger partial charge in [0, 0.05) is 12.8 Å². The Labute approximate surface area is 336 Å². The van der Waals surface area contributed by atoms with Gasteiger partial charge in [-0.15, -0.1) is 0 Å². The maximum absolute atomic E-state index is 12.6. The number of phosphoric ester groups is 1. The van der Waals surface area contributed by atoms with Crippen molar-refractivity contribution in [3.05, 3.63) is 60.8 Å². The van der Waals surface area contributed by atoms with Gasteiger partial charge in [0.05, 0.1) is 27.7 Å². The Morgan fingerprint density at radius 1 is 0.564 bits per heavy atom. The number of phosphoric acid groups is 1. The van der Waals surface area contributed by atoms with Gasteiger partial charge in [-0.3, -0.25) is 14.2 Å². The second-order valence-electron chi connectivity index (χ2n) is 15.3. The van der Waals surface area contributed by atoms with E-state index in [-0.39, 0.29) is 26.1 Å². The molecule has 0 N–H and O–H groups in total. The molecule has 0 aromatic heterocycles. The number of carbonyl (C=O) groups excluding carboxylic acids is 2. The summed E-state index contributed by atoms with van der Waals surface area (Å²) in [4.78, 5) is 37.5. The van der Waals surface area contributed by atoms with Crippen LogP contribution in [0.3, 0.4) is 0 Å². The fraction of sp³-hybridized carbons (Fsp3) is 0.733. The van der Waals surface area contributed by atoms with Crippen LogP contribution in [-0.4, -0.2) is 70.0 Å². The van der Waals surface area contributed by atoms with Gasteiger partial charge in [0.1, 0.15) is 19.8 Å². The van der Waals surface area contributed by atoms with Crippen LogP contribution >= 0.6 is 7.82 Å². The van der Waals surface area contributed by atoms with E-state index in [0.717, 1.165) is 83.5 Å². The Balaban J connectivity index is 4.45. The van der Waals surface area contributed by atoms with Gasteiger partial charge in [0.2, 0.25) is 0 Å². The minimum atomic E-state index is -4.63. The molecule has 2 atom stereocenters. The molecule has 0 aliphatic heterocycles. The van der Waals surface area contributed by atoms with Crippen molar-refractivity contribution in [2.45, 2.75) is 168 Å². The van der Waals surface area contributed by atoms with Crippen molar-refractivity contribution in [2.75, 3.05) is 47.5 Å². The van der Waals surface area contributed by atoms with Crippen LogP contribution in [0.15, 0.2) is 60.8 Å². The molecule has 0 aromatic rings. The van der Waals surface area contributed by atoms with Crippen molar-refractivity contribution in [2.24, 2.45) is 0 Å². The van der Waals surface area contributed by atoms with Gasteiger partial charge in [0.25, 0.3) is 7.82 Å². The summed E-state index contributed by atoms with van der Waals surface area (Å²) in [5.74, 6) is -0.882. The number of nitrogens with zero attached hydrogens (tertiary/aromatic N) is 1. The van der Waals surface area contributed by atoms with Gasteiger partial charge in [-0.05, 0) is 77.0 Å². The van der Waals surface area contributed by atoms with E-state index in [1.54, 1.807) is 0 Å². The zero-order chi connectivity index (χ0) is 40.7. The lowest BCUT2D eigenvalue weighted by Crippen LogP contribution is -2.37. The van der Waals surface area contributed by atoms with Crippen molar-refractivity contribution in [3.8, 4) is 0 Å². The molecule has 0 aliphatic carbocycles. The summed E-state index contributed by atoms with van der Waals surface area (Å²) in [5, 5.41) is 0. The lowest BCUT2D eigenvalue weighted by molar-refractivity contribution is -0.870. The van der Waals surface area contributed by atoms with Crippen molar-refractivity contribution >= 4 is 19.8 Å². The summed E-state index contributed by atoms with van der Waals surface area (Å²) < 4.78 is 33.8. The summed E-state index contributed by atoms with van der Waals surface area (Å²) in [6.45, 7) is 4.10. The molecule has 318 valence electrons. The molecule has 9 nitrogen and oxygen atoms in total. The maximum Gasteiger partial charge on any atom is 0.306 e. The van der Waals surface area contributed by atoms with Crippen molar-refractivity contribution in [3.63, 3.8) is 0 Å². The first kappa shape index (κ1) is 52.7. The van der Waals surface area contributed by atoms with E-state index in [1.165, 1.54) is 38.5 Å². The number of rotatable bonds is 38. The number of likely N-dealkylation sites (N-methyl/N-ethyl adjacent to an activating group) is 1. The zero-order valence-corrected chi connectivity index (χ0v) is 36.5. The standard InChI is InChI=1S/C45H80NO8P/c1-6-8-10-12-14-16-18-20-22-23-24-26-27-29-31-33-35-37-44(47)51-41-43(42-53-55(49,50)52-40-39-46(3,4)5)54-45(48)38-36-34-32-30-28-25-21-19-17-15-13-11-9-7-2/h13-16,19-22,24,26,43H,6-12,17-18,23,25,27-42H2,1-5H3/b15-13-,16-14-,21-19-,22-20-,26-24-/t43-/m1/s1. The predicted octanol–water partition coefficient (Wildman–Crippen LogP) is 11.4. The number of hydrogen-bond acceptors (Lipinski definition) is 8. The summed E-state index contributed by atoms with van der Waals surface area (Å²) in [6.07, 6.45) is 43.8. The van der Waals surface area contributed by atoms with Gasteiger partial charge >= 0.3 is 11.9 Å². The fourth-order valence-electron chi connectivity index (χ4n) is 5.32. The number of carbonyl (C=O) groups is 2. The highest BCUT2D eigenvalue weighted by molar-refractivity contribution is 7.45. The van der Waals surface area contributed by atoms with Crippen LogP contribution in [0.25, 0.3) is 0 Å². The molecule has 0 bridgehead atoms. The molecule has 0 heterocycles. The molecule has 0 radical (unpaired) electrons. The molecular formula is C45H80NO8P. The third-order valence-corrected chi connectivity index (χ3v) is 9.72. The van der Waals surface area contributed by atoms with E-state index in [9.17, 15) is 19.0 Å². The summed E-state index contributed by atoms with van der Waals surface area (Å²) >= 11 is 0. The predicted molar refractivity (Wildman–Crippen MR) is 226 cm³/mol. The SMILES string of the molecule is CCCC/C=C\C/C=C\CCCCCCCC(=O)O[C@H](COC(=O)CCCCCC/C=C\C/C=C\C/C=C\CCCCC)COP(=O)([O-])OCC[N+](C)(C)C. The Morgan fingerprint density at radius 2 is 1.00 bits per heavy atom. The Kier molecular flexibility index (Phi) is 35.7. The van der Waals surface area contributed by atoms with Crippen LogP contribution in [0.5, 0.6) is 0 Å². The number of allylic oxidation sites excluding steroid dienone is 10. The van der Waals surface area contributed by atoms with Crippen LogP contribution < -0.4 is 4.89 Å². The number of hydrogen-bond donors (Lipinski definition) is 0. The van der Waals surface area contributed by atoms with Crippen LogP contribution in [0, 0.1) is 0 Å². The highest BCUT2D eigenvalue weighted by atomic mass is 31.2. The monoisotopic (exact) mass is 794 g/mol. The number of esters is 2. The Hall–Kier alpha value is -2.29. The van der Waals surface area contributed by atoms with Crippen molar-refractivity contribution in [1.82, 2.24) is 0 Å². The molecule has 10 heteroatoms. The molecular weight excluding hydrogens is 713 g/mol. The van der Waals surface area contributed by atoms with E-state index in [4.69, 9.17) is 18.5 Å². The Morgan fingerprint density at radius 3 is 1.51 bits per heavy atom. The molecule has 0 spiro atoms. The van der Waals surface area contributed by atoms with E-state index in [1.807, 2.05) is 21.1 Å². The van der Waals surface area contributed by atoms with Gasteiger partial charge in [-0.1, -0.05) is 132 Å². The van der Waals surface area contributed by atoms with Gasteiger partial charge in [-0.25, -0.2) is 0 Å². The van der Waals surface area contributed by atoms with Gasteiger partial charge in [0.15, 0.2) is 6.10 Å². The van der Waals surface area contributed by atoms with E-state index < -0.39 is 32.5 Å². The zero-order valence-electron chi connectivity index (χ0n) is 35.6.